The van der Waals surface area contributed by atoms with Crippen LogP contribution < -0.4 is 10.6 Å². The van der Waals surface area contributed by atoms with Gasteiger partial charge in [0.05, 0.1) is 12.6 Å². The summed E-state index contributed by atoms with van der Waals surface area (Å²) >= 11 is 0. The number of halogens is 1. The SMILES string of the molecule is CCNC(=NCC(c1ccccc1)N1CCCC1)NCCN(C)C(C)C.I. The largest absolute Gasteiger partial charge is 0.357 e. The number of guanidine groups is 1. The van der Waals surface area contributed by atoms with Crippen molar-refractivity contribution in [3.63, 3.8) is 0 Å². The lowest BCUT2D eigenvalue weighted by Crippen LogP contribution is -2.42. The van der Waals surface area contributed by atoms with E-state index in [-0.39, 0.29) is 24.0 Å². The number of rotatable bonds is 9. The highest BCUT2D eigenvalue weighted by Crippen LogP contribution is 2.25. The Morgan fingerprint density at radius 2 is 1.81 bits per heavy atom. The second kappa shape index (κ2) is 13.3. The Kier molecular flexibility index (Phi) is 11.9. The van der Waals surface area contributed by atoms with Gasteiger partial charge in [0.15, 0.2) is 5.96 Å². The number of aliphatic imine (C=N–C) groups is 1. The minimum atomic E-state index is 0. The van der Waals surface area contributed by atoms with Gasteiger partial charge in [-0.25, -0.2) is 0 Å². The normalized spacial score (nSPS) is 16.4. The predicted octanol–water partition coefficient (Wildman–Crippen LogP) is 3.34. The van der Waals surface area contributed by atoms with Crippen LogP contribution in [0.2, 0.25) is 0 Å². The first-order valence-corrected chi connectivity index (χ1v) is 10.1. The van der Waals surface area contributed by atoms with Crippen molar-refractivity contribution < 1.29 is 0 Å². The van der Waals surface area contributed by atoms with E-state index in [1.54, 1.807) is 0 Å². The molecule has 1 aliphatic rings. The molecule has 1 saturated heterocycles. The van der Waals surface area contributed by atoms with E-state index in [1.165, 1.54) is 31.5 Å². The topological polar surface area (TPSA) is 42.9 Å². The summed E-state index contributed by atoms with van der Waals surface area (Å²) in [6, 6.07) is 11.7. The van der Waals surface area contributed by atoms with Crippen LogP contribution >= 0.6 is 24.0 Å². The van der Waals surface area contributed by atoms with E-state index in [2.05, 4.69) is 78.6 Å². The smallest absolute Gasteiger partial charge is 0.191 e. The quantitative estimate of drug-likeness (QED) is 0.319. The highest BCUT2D eigenvalue weighted by atomic mass is 127. The van der Waals surface area contributed by atoms with Crippen molar-refractivity contribution in [2.45, 2.75) is 45.7 Å². The van der Waals surface area contributed by atoms with Crippen LogP contribution in [-0.4, -0.2) is 68.1 Å². The lowest BCUT2D eigenvalue weighted by atomic mass is 10.1. The molecule has 1 aliphatic heterocycles. The minimum absolute atomic E-state index is 0. The number of hydrogen-bond acceptors (Lipinski definition) is 3. The molecule has 0 spiro atoms. The highest BCUT2D eigenvalue weighted by Gasteiger charge is 2.23. The highest BCUT2D eigenvalue weighted by molar-refractivity contribution is 14.0. The second-order valence-corrected chi connectivity index (χ2v) is 7.39. The van der Waals surface area contributed by atoms with E-state index in [4.69, 9.17) is 4.99 Å². The lowest BCUT2D eigenvalue weighted by Gasteiger charge is -2.27. The molecule has 0 amide bonds. The van der Waals surface area contributed by atoms with Crippen LogP contribution in [0.3, 0.4) is 0 Å². The number of nitrogens with one attached hydrogen (secondary N) is 2. The zero-order valence-electron chi connectivity index (χ0n) is 17.4. The molecule has 5 nitrogen and oxygen atoms in total. The Bertz CT molecular complexity index is 529. The third kappa shape index (κ3) is 8.35. The lowest BCUT2D eigenvalue weighted by molar-refractivity contribution is 0.251. The molecule has 154 valence electrons. The van der Waals surface area contributed by atoms with Gasteiger partial charge in [-0.05, 0) is 59.3 Å². The van der Waals surface area contributed by atoms with Gasteiger partial charge >= 0.3 is 0 Å². The zero-order valence-corrected chi connectivity index (χ0v) is 19.8. The monoisotopic (exact) mass is 487 g/mol. The van der Waals surface area contributed by atoms with E-state index in [9.17, 15) is 0 Å². The van der Waals surface area contributed by atoms with Crippen molar-refractivity contribution in [3.8, 4) is 0 Å². The summed E-state index contributed by atoms with van der Waals surface area (Å²) in [6.07, 6.45) is 2.60. The molecular weight excluding hydrogens is 449 g/mol. The summed E-state index contributed by atoms with van der Waals surface area (Å²) in [6.45, 7) is 12.5. The molecule has 2 N–H and O–H groups in total. The fraction of sp³-hybridized carbons (Fsp3) is 0.667. The number of hydrogen-bond donors (Lipinski definition) is 2. The van der Waals surface area contributed by atoms with Crippen LogP contribution in [0.1, 0.15) is 45.2 Å². The summed E-state index contributed by atoms with van der Waals surface area (Å²) in [7, 11) is 2.16. The van der Waals surface area contributed by atoms with Gasteiger partial charge in [0.2, 0.25) is 0 Å². The molecule has 1 fully saturated rings. The molecule has 0 radical (unpaired) electrons. The van der Waals surface area contributed by atoms with Crippen molar-refractivity contribution in [2.75, 3.05) is 46.3 Å². The summed E-state index contributed by atoms with van der Waals surface area (Å²) < 4.78 is 0. The first kappa shape index (κ1) is 24.2. The van der Waals surface area contributed by atoms with E-state index >= 15 is 0 Å². The number of likely N-dealkylation sites (tertiary alicyclic amines) is 1. The standard InChI is InChI=1S/C21H37N5.HI/c1-5-22-21(23-13-16-25(4)18(2)3)24-17-20(26-14-9-10-15-26)19-11-7-6-8-12-19;/h6-8,11-12,18,20H,5,9-10,13-17H2,1-4H3,(H2,22,23,24);1H. The molecule has 0 saturated carbocycles. The average molecular weight is 487 g/mol. The van der Waals surface area contributed by atoms with Crippen LogP contribution in [0.25, 0.3) is 0 Å². The number of benzene rings is 1. The van der Waals surface area contributed by atoms with Gasteiger partial charge in [0, 0.05) is 25.7 Å². The van der Waals surface area contributed by atoms with E-state index in [0.29, 0.717) is 12.1 Å². The van der Waals surface area contributed by atoms with Gasteiger partial charge in [0.25, 0.3) is 0 Å². The van der Waals surface area contributed by atoms with Gasteiger partial charge in [-0.15, -0.1) is 24.0 Å². The van der Waals surface area contributed by atoms with Crippen molar-refractivity contribution in [1.29, 1.82) is 0 Å². The zero-order chi connectivity index (χ0) is 18.8. The van der Waals surface area contributed by atoms with Crippen molar-refractivity contribution in [1.82, 2.24) is 20.4 Å². The molecule has 0 aliphatic carbocycles. The third-order valence-electron chi connectivity index (χ3n) is 5.17. The van der Waals surface area contributed by atoms with Gasteiger partial charge < -0.3 is 15.5 Å². The first-order chi connectivity index (χ1) is 12.6. The maximum atomic E-state index is 4.91. The van der Waals surface area contributed by atoms with Crippen LogP contribution in [0, 0.1) is 0 Å². The van der Waals surface area contributed by atoms with E-state index in [0.717, 1.165) is 32.1 Å². The Morgan fingerprint density at radius 3 is 2.41 bits per heavy atom. The Labute approximate surface area is 183 Å². The molecule has 6 heteroatoms. The van der Waals surface area contributed by atoms with Crippen LogP contribution in [0.5, 0.6) is 0 Å². The maximum absolute atomic E-state index is 4.91. The number of nitrogens with zero attached hydrogens (tertiary/aromatic N) is 3. The molecule has 1 unspecified atom stereocenters. The molecule has 1 heterocycles. The Hall–Kier alpha value is -0.860. The fourth-order valence-electron chi connectivity index (χ4n) is 3.29. The Morgan fingerprint density at radius 1 is 1.15 bits per heavy atom. The summed E-state index contributed by atoms with van der Waals surface area (Å²) in [5.41, 5.74) is 1.37. The van der Waals surface area contributed by atoms with Crippen molar-refractivity contribution >= 4 is 29.9 Å². The molecular formula is C21H38IN5. The van der Waals surface area contributed by atoms with Crippen LogP contribution in [-0.2, 0) is 0 Å². The van der Waals surface area contributed by atoms with Gasteiger partial charge in [0.1, 0.15) is 0 Å². The fourth-order valence-corrected chi connectivity index (χ4v) is 3.29. The van der Waals surface area contributed by atoms with Crippen molar-refractivity contribution in [3.05, 3.63) is 35.9 Å². The maximum Gasteiger partial charge on any atom is 0.191 e. The molecule has 1 aromatic rings. The molecule has 0 aromatic heterocycles. The molecule has 0 bridgehead atoms. The van der Waals surface area contributed by atoms with E-state index < -0.39 is 0 Å². The summed E-state index contributed by atoms with van der Waals surface area (Å²) in [5.74, 6) is 0.921. The minimum Gasteiger partial charge on any atom is -0.357 e. The summed E-state index contributed by atoms with van der Waals surface area (Å²) in [4.78, 5) is 9.83. The Balaban J connectivity index is 0.00000364. The van der Waals surface area contributed by atoms with Gasteiger partial charge in [-0.2, -0.15) is 0 Å². The predicted molar refractivity (Wildman–Crippen MR) is 127 cm³/mol. The molecule has 1 atom stereocenters. The molecule has 2 rings (SSSR count). The van der Waals surface area contributed by atoms with Crippen LogP contribution in [0.15, 0.2) is 35.3 Å². The first-order valence-electron chi connectivity index (χ1n) is 10.1. The average Bonchev–Trinajstić information content (AvgIpc) is 3.17. The number of likely N-dealkylation sites (N-methyl/N-ethyl adjacent to an activating group) is 1. The second-order valence-electron chi connectivity index (χ2n) is 7.39. The van der Waals surface area contributed by atoms with Gasteiger partial charge in [-0.1, -0.05) is 30.3 Å². The van der Waals surface area contributed by atoms with Gasteiger partial charge in [-0.3, -0.25) is 9.89 Å². The van der Waals surface area contributed by atoms with E-state index in [1.807, 2.05) is 0 Å². The molecule has 27 heavy (non-hydrogen) atoms. The van der Waals surface area contributed by atoms with Crippen LogP contribution in [0.4, 0.5) is 0 Å². The van der Waals surface area contributed by atoms with Crippen molar-refractivity contribution in [2.24, 2.45) is 4.99 Å². The third-order valence-corrected chi connectivity index (χ3v) is 5.17. The summed E-state index contributed by atoms with van der Waals surface area (Å²) in [5, 5.41) is 6.87. The molecule has 1 aromatic carbocycles.